The van der Waals surface area contributed by atoms with Crippen LogP contribution in [0.3, 0.4) is 0 Å². The van der Waals surface area contributed by atoms with Crippen LogP contribution in [-0.4, -0.2) is 42.0 Å². The van der Waals surface area contributed by atoms with Crippen molar-refractivity contribution in [2.75, 3.05) is 20.3 Å². The highest BCUT2D eigenvalue weighted by Gasteiger charge is 2.27. The topological polar surface area (TPSA) is 71.6 Å². The Hall–Kier alpha value is -3.54. The summed E-state index contributed by atoms with van der Waals surface area (Å²) in [7, 11) is 1.58. The fraction of sp³-hybridized carbons (Fsp3) is 0.250. The van der Waals surface area contributed by atoms with Gasteiger partial charge in [-0.2, -0.15) is 0 Å². The molecule has 1 amide bonds. The summed E-state index contributed by atoms with van der Waals surface area (Å²) in [5.41, 5.74) is 3.61. The fourth-order valence-corrected chi connectivity index (χ4v) is 3.69. The second kappa shape index (κ2) is 8.45. The number of hydrogen-bond acceptors (Lipinski definition) is 4. The normalized spacial score (nSPS) is 13.4. The number of fused-ring (bicyclic) bond motifs is 3. The van der Waals surface area contributed by atoms with Crippen molar-refractivity contribution in [3.63, 3.8) is 0 Å². The second-order valence-electron chi connectivity index (χ2n) is 7.18. The number of para-hydroxylation sites is 1. The van der Waals surface area contributed by atoms with Crippen LogP contribution in [0.15, 0.2) is 54.7 Å². The largest absolute Gasteiger partial charge is 0.497 e. The standard InChI is InChI=1S/C24H24N2O4/c1-3-14-30-24(28)20-15-26(23(27)16-8-10-17(29-2)11-9-16)13-12-19-18-6-4-5-7-21(18)25-22(19)20/h4-11,15,25H,3,12-14H2,1-2H3. The van der Waals surface area contributed by atoms with E-state index in [2.05, 4.69) is 4.98 Å². The van der Waals surface area contributed by atoms with Crippen LogP contribution in [-0.2, 0) is 16.0 Å². The van der Waals surface area contributed by atoms with E-state index < -0.39 is 5.97 Å². The number of rotatable bonds is 5. The van der Waals surface area contributed by atoms with E-state index in [1.54, 1.807) is 42.5 Å². The monoisotopic (exact) mass is 404 g/mol. The highest BCUT2D eigenvalue weighted by Crippen LogP contribution is 2.31. The van der Waals surface area contributed by atoms with Gasteiger partial charge in [-0.1, -0.05) is 25.1 Å². The summed E-state index contributed by atoms with van der Waals surface area (Å²) in [6.07, 6.45) is 2.97. The van der Waals surface area contributed by atoms with Gasteiger partial charge >= 0.3 is 5.97 Å². The number of nitrogens with one attached hydrogen (secondary N) is 1. The minimum absolute atomic E-state index is 0.173. The predicted octanol–water partition coefficient (Wildman–Crippen LogP) is 4.17. The van der Waals surface area contributed by atoms with Crippen molar-refractivity contribution in [1.29, 1.82) is 0 Å². The molecule has 0 saturated heterocycles. The fourth-order valence-electron chi connectivity index (χ4n) is 3.69. The van der Waals surface area contributed by atoms with Gasteiger partial charge in [0.05, 0.1) is 25.0 Å². The zero-order chi connectivity index (χ0) is 21.1. The molecule has 0 saturated carbocycles. The van der Waals surface area contributed by atoms with Crippen molar-refractivity contribution in [3.8, 4) is 5.75 Å². The molecule has 2 heterocycles. The van der Waals surface area contributed by atoms with Gasteiger partial charge in [0.2, 0.25) is 0 Å². The highest BCUT2D eigenvalue weighted by molar-refractivity contribution is 6.18. The lowest BCUT2D eigenvalue weighted by molar-refractivity contribution is -0.136. The maximum absolute atomic E-state index is 13.1. The number of esters is 1. The maximum Gasteiger partial charge on any atom is 0.341 e. The number of methoxy groups -OCH3 is 1. The van der Waals surface area contributed by atoms with Gasteiger partial charge < -0.3 is 19.4 Å². The molecule has 0 aliphatic carbocycles. The Morgan fingerprint density at radius 1 is 1.10 bits per heavy atom. The first-order valence-corrected chi connectivity index (χ1v) is 10.1. The second-order valence-corrected chi connectivity index (χ2v) is 7.18. The van der Waals surface area contributed by atoms with Crippen LogP contribution in [0.1, 0.15) is 35.0 Å². The SMILES string of the molecule is CCCOC(=O)C1=CN(C(=O)c2ccc(OC)cc2)CCc2c1[nH]c1ccccc21. The third kappa shape index (κ3) is 3.68. The molecule has 0 bridgehead atoms. The van der Waals surface area contributed by atoms with Crippen molar-refractivity contribution in [3.05, 3.63) is 71.6 Å². The van der Waals surface area contributed by atoms with E-state index >= 15 is 0 Å². The number of H-pyrrole nitrogens is 1. The van der Waals surface area contributed by atoms with Crippen LogP contribution in [0, 0.1) is 0 Å². The summed E-state index contributed by atoms with van der Waals surface area (Å²) in [5, 5.41) is 1.06. The van der Waals surface area contributed by atoms with Gasteiger partial charge in [0, 0.05) is 29.2 Å². The van der Waals surface area contributed by atoms with Crippen molar-refractivity contribution in [2.24, 2.45) is 0 Å². The van der Waals surface area contributed by atoms with Crippen molar-refractivity contribution in [1.82, 2.24) is 9.88 Å². The van der Waals surface area contributed by atoms with E-state index in [1.165, 1.54) is 0 Å². The molecule has 6 nitrogen and oxygen atoms in total. The molecule has 0 spiro atoms. The Morgan fingerprint density at radius 3 is 2.60 bits per heavy atom. The molecule has 30 heavy (non-hydrogen) atoms. The van der Waals surface area contributed by atoms with Crippen LogP contribution in [0.25, 0.3) is 16.5 Å². The molecule has 0 fully saturated rings. The molecule has 0 radical (unpaired) electrons. The van der Waals surface area contributed by atoms with Gasteiger partial charge in [-0.15, -0.1) is 0 Å². The number of aromatic nitrogens is 1. The summed E-state index contributed by atoms with van der Waals surface area (Å²) < 4.78 is 10.6. The number of carbonyl (C=O) groups excluding carboxylic acids is 2. The van der Waals surface area contributed by atoms with Crippen LogP contribution in [0.5, 0.6) is 5.75 Å². The third-order valence-corrected chi connectivity index (χ3v) is 5.23. The zero-order valence-electron chi connectivity index (χ0n) is 17.1. The number of carbonyl (C=O) groups is 2. The Bertz CT molecular complexity index is 1110. The van der Waals surface area contributed by atoms with Gasteiger partial charge in [-0.3, -0.25) is 4.79 Å². The van der Waals surface area contributed by atoms with Gasteiger partial charge in [0.15, 0.2) is 0 Å². The molecular formula is C24H24N2O4. The lowest BCUT2D eigenvalue weighted by Gasteiger charge is -2.18. The van der Waals surface area contributed by atoms with Crippen LogP contribution < -0.4 is 4.74 Å². The Morgan fingerprint density at radius 2 is 1.87 bits per heavy atom. The quantitative estimate of drug-likeness (QED) is 0.648. The van der Waals surface area contributed by atoms with E-state index in [-0.39, 0.29) is 5.91 Å². The number of aromatic amines is 1. The Kier molecular flexibility index (Phi) is 5.57. The number of nitrogens with zero attached hydrogens (tertiary/aromatic N) is 1. The summed E-state index contributed by atoms with van der Waals surface area (Å²) in [6.45, 7) is 2.74. The number of hydrogen-bond donors (Lipinski definition) is 1. The smallest absolute Gasteiger partial charge is 0.341 e. The summed E-state index contributed by atoms with van der Waals surface area (Å²) in [5.74, 6) is 0.0789. The van der Waals surface area contributed by atoms with Gasteiger partial charge in [-0.05, 0) is 48.7 Å². The number of ether oxygens (including phenoxy) is 2. The molecule has 1 aliphatic heterocycles. The maximum atomic E-state index is 13.1. The van der Waals surface area contributed by atoms with Crippen molar-refractivity contribution < 1.29 is 19.1 Å². The lowest BCUT2D eigenvalue weighted by atomic mass is 10.0. The van der Waals surface area contributed by atoms with Gasteiger partial charge in [0.1, 0.15) is 5.75 Å². The molecular weight excluding hydrogens is 380 g/mol. The highest BCUT2D eigenvalue weighted by atomic mass is 16.5. The molecule has 1 aliphatic rings. The first-order valence-electron chi connectivity index (χ1n) is 10.1. The molecule has 154 valence electrons. The average molecular weight is 404 g/mol. The summed E-state index contributed by atoms with van der Waals surface area (Å²) in [4.78, 5) is 31.0. The molecule has 0 unspecified atom stereocenters. The van der Waals surface area contributed by atoms with Crippen LogP contribution in [0.2, 0.25) is 0 Å². The minimum Gasteiger partial charge on any atom is -0.497 e. The van der Waals surface area contributed by atoms with E-state index in [1.807, 2.05) is 31.2 Å². The molecule has 0 atom stereocenters. The number of benzene rings is 2. The zero-order valence-corrected chi connectivity index (χ0v) is 17.1. The molecule has 6 heteroatoms. The summed E-state index contributed by atoms with van der Waals surface area (Å²) >= 11 is 0. The first kappa shape index (κ1) is 19.8. The molecule has 4 rings (SSSR count). The van der Waals surface area contributed by atoms with E-state index in [0.717, 1.165) is 28.6 Å². The molecule has 1 N–H and O–H groups in total. The van der Waals surface area contributed by atoms with Crippen LogP contribution in [0.4, 0.5) is 0 Å². The van der Waals surface area contributed by atoms with Crippen molar-refractivity contribution in [2.45, 2.75) is 19.8 Å². The van der Waals surface area contributed by atoms with Gasteiger partial charge in [-0.25, -0.2) is 4.79 Å². The summed E-state index contributed by atoms with van der Waals surface area (Å²) in [6, 6.07) is 14.9. The average Bonchev–Trinajstić information content (AvgIpc) is 3.04. The Balaban J connectivity index is 1.74. The minimum atomic E-state index is -0.431. The Labute approximate surface area is 175 Å². The van der Waals surface area contributed by atoms with Crippen LogP contribution >= 0.6 is 0 Å². The molecule has 1 aromatic heterocycles. The van der Waals surface area contributed by atoms with E-state index in [9.17, 15) is 9.59 Å². The third-order valence-electron chi connectivity index (χ3n) is 5.23. The molecule has 2 aromatic carbocycles. The molecule has 3 aromatic rings. The van der Waals surface area contributed by atoms with E-state index in [4.69, 9.17) is 9.47 Å². The first-order chi connectivity index (χ1) is 14.6. The van der Waals surface area contributed by atoms with Crippen molar-refractivity contribution >= 4 is 28.4 Å². The van der Waals surface area contributed by atoms with E-state index in [0.29, 0.717) is 36.5 Å². The van der Waals surface area contributed by atoms with Gasteiger partial charge in [0.25, 0.3) is 5.91 Å². The number of amides is 1. The predicted molar refractivity (Wildman–Crippen MR) is 115 cm³/mol. The lowest BCUT2D eigenvalue weighted by Crippen LogP contribution is -2.28.